The topological polar surface area (TPSA) is 91.6 Å². The maximum atomic E-state index is 12.1. The van der Waals surface area contributed by atoms with Gasteiger partial charge in [0.15, 0.2) is 5.76 Å². The number of anilines is 1. The number of benzene rings is 1. The Morgan fingerprint density at radius 3 is 2.46 bits per heavy atom. The molecule has 0 saturated heterocycles. The summed E-state index contributed by atoms with van der Waals surface area (Å²) in [5.41, 5.74) is 1.02. The summed E-state index contributed by atoms with van der Waals surface area (Å²) in [5, 5.41) is 15.3. The normalized spacial score (nSPS) is 13.1. The van der Waals surface area contributed by atoms with Crippen LogP contribution >= 0.6 is 0 Å². The first-order valence-electron chi connectivity index (χ1n) is 7.92. The molecule has 0 bridgehead atoms. The predicted octanol–water partition coefficient (Wildman–Crippen LogP) is 2.67. The average molecular weight is 330 g/mol. The van der Waals surface area contributed by atoms with Crippen molar-refractivity contribution in [3.63, 3.8) is 0 Å². The van der Waals surface area contributed by atoms with Crippen molar-refractivity contribution >= 4 is 17.5 Å². The zero-order valence-electron chi connectivity index (χ0n) is 13.8. The summed E-state index contributed by atoms with van der Waals surface area (Å²) in [4.78, 5) is 23.9. The van der Waals surface area contributed by atoms with Crippen LogP contribution in [-0.4, -0.2) is 29.6 Å². The number of carbonyl (C=O) groups is 2. The number of aliphatic hydroxyl groups is 1. The molecule has 2 unspecified atom stereocenters. The third-order valence-electron chi connectivity index (χ3n) is 3.92. The van der Waals surface area contributed by atoms with Crippen LogP contribution in [-0.2, 0) is 0 Å². The van der Waals surface area contributed by atoms with Crippen molar-refractivity contribution in [2.75, 3.05) is 11.9 Å². The van der Waals surface area contributed by atoms with Gasteiger partial charge in [-0.1, -0.05) is 20.3 Å². The monoisotopic (exact) mass is 330 g/mol. The minimum atomic E-state index is -0.564. The minimum absolute atomic E-state index is 0.129. The Balaban J connectivity index is 1.89. The van der Waals surface area contributed by atoms with Gasteiger partial charge in [0, 0.05) is 17.8 Å². The highest BCUT2D eigenvalue weighted by Gasteiger charge is 2.14. The van der Waals surface area contributed by atoms with Gasteiger partial charge >= 0.3 is 0 Å². The first-order chi connectivity index (χ1) is 11.5. The summed E-state index contributed by atoms with van der Waals surface area (Å²) in [6.45, 7) is 4.14. The molecule has 2 amide bonds. The molecule has 3 N–H and O–H groups in total. The van der Waals surface area contributed by atoms with Crippen LogP contribution in [0.25, 0.3) is 0 Å². The molecule has 128 valence electrons. The summed E-state index contributed by atoms with van der Waals surface area (Å²) in [6.07, 6.45) is 1.71. The third-order valence-corrected chi connectivity index (χ3v) is 3.92. The number of hydrogen-bond acceptors (Lipinski definition) is 4. The van der Waals surface area contributed by atoms with Crippen molar-refractivity contribution in [2.45, 2.75) is 26.4 Å². The van der Waals surface area contributed by atoms with Gasteiger partial charge in [-0.05, 0) is 42.3 Å². The van der Waals surface area contributed by atoms with Crippen LogP contribution in [0.4, 0.5) is 5.69 Å². The number of amides is 2. The number of hydrogen-bond donors (Lipinski definition) is 3. The fraction of sp³-hybridized carbons (Fsp3) is 0.333. The van der Waals surface area contributed by atoms with Crippen LogP contribution in [0, 0.1) is 5.92 Å². The van der Waals surface area contributed by atoms with Crippen LogP contribution in [0.5, 0.6) is 0 Å². The number of aliphatic hydroxyl groups excluding tert-OH is 1. The maximum absolute atomic E-state index is 12.1. The third kappa shape index (κ3) is 4.70. The van der Waals surface area contributed by atoms with E-state index in [1.807, 2.05) is 13.8 Å². The highest BCUT2D eigenvalue weighted by atomic mass is 16.3. The Labute approximate surface area is 140 Å². The van der Waals surface area contributed by atoms with Crippen LogP contribution in [0.3, 0.4) is 0 Å². The van der Waals surface area contributed by atoms with E-state index in [1.165, 1.54) is 6.26 Å². The van der Waals surface area contributed by atoms with E-state index < -0.39 is 6.10 Å². The molecule has 2 aromatic rings. The van der Waals surface area contributed by atoms with Crippen molar-refractivity contribution in [3.8, 4) is 0 Å². The van der Waals surface area contributed by atoms with Crippen LogP contribution < -0.4 is 10.6 Å². The largest absolute Gasteiger partial charge is 0.459 e. The zero-order chi connectivity index (χ0) is 17.5. The Morgan fingerprint density at radius 2 is 1.88 bits per heavy atom. The van der Waals surface area contributed by atoms with E-state index in [-0.39, 0.29) is 30.0 Å². The lowest BCUT2D eigenvalue weighted by atomic mass is 10.0. The SMILES string of the molecule is CCC(C)C(O)CNC(=O)c1ccc(NC(=O)c2ccco2)cc1. The molecule has 6 heteroatoms. The van der Waals surface area contributed by atoms with Gasteiger partial charge < -0.3 is 20.2 Å². The van der Waals surface area contributed by atoms with Gasteiger partial charge in [-0.15, -0.1) is 0 Å². The van der Waals surface area contributed by atoms with Crippen LogP contribution in [0.2, 0.25) is 0 Å². The molecule has 0 radical (unpaired) electrons. The lowest BCUT2D eigenvalue weighted by Crippen LogP contribution is -2.35. The quantitative estimate of drug-likeness (QED) is 0.728. The van der Waals surface area contributed by atoms with E-state index in [0.29, 0.717) is 11.3 Å². The molecule has 2 atom stereocenters. The molecule has 24 heavy (non-hydrogen) atoms. The van der Waals surface area contributed by atoms with Crippen molar-refractivity contribution in [3.05, 3.63) is 54.0 Å². The van der Waals surface area contributed by atoms with Crippen molar-refractivity contribution in [1.29, 1.82) is 0 Å². The molecular weight excluding hydrogens is 308 g/mol. The maximum Gasteiger partial charge on any atom is 0.291 e. The van der Waals surface area contributed by atoms with Gasteiger partial charge in [0.25, 0.3) is 11.8 Å². The summed E-state index contributed by atoms with van der Waals surface area (Å²) >= 11 is 0. The van der Waals surface area contributed by atoms with Gasteiger partial charge in [-0.25, -0.2) is 0 Å². The second kappa shape index (κ2) is 8.31. The standard InChI is InChI=1S/C18H22N2O4/c1-3-12(2)15(21)11-19-17(22)13-6-8-14(9-7-13)20-18(23)16-5-4-10-24-16/h4-10,12,15,21H,3,11H2,1-2H3,(H,19,22)(H,20,23). The molecular formula is C18H22N2O4. The molecule has 1 aromatic heterocycles. The number of carbonyl (C=O) groups excluding carboxylic acids is 2. The van der Waals surface area contributed by atoms with E-state index in [4.69, 9.17) is 4.42 Å². The van der Waals surface area contributed by atoms with Crippen LogP contribution in [0.1, 0.15) is 41.2 Å². The molecule has 0 saturated carbocycles. The Kier molecular flexibility index (Phi) is 6.14. The minimum Gasteiger partial charge on any atom is -0.459 e. The first kappa shape index (κ1) is 17.7. The van der Waals surface area contributed by atoms with E-state index >= 15 is 0 Å². The van der Waals surface area contributed by atoms with Gasteiger partial charge in [0.05, 0.1) is 12.4 Å². The molecule has 0 fully saturated rings. The zero-order valence-corrected chi connectivity index (χ0v) is 13.8. The van der Waals surface area contributed by atoms with Gasteiger partial charge in [-0.3, -0.25) is 9.59 Å². The highest BCUT2D eigenvalue weighted by Crippen LogP contribution is 2.12. The summed E-state index contributed by atoms with van der Waals surface area (Å²) in [6, 6.07) is 9.71. The molecule has 0 aliphatic carbocycles. The summed E-state index contributed by atoms with van der Waals surface area (Å²) < 4.78 is 5.01. The number of rotatable bonds is 7. The van der Waals surface area contributed by atoms with Crippen molar-refractivity contribution in [1.82, 2.24) is 5.32 Å². The lowest BCUT2D eigenvalue weighted by molar-refractivity contribution is 0.0850. The van der Waals surface area contributed by atoms with E-state index in [9.17, 15) is 14.7 Å². The molecule has 0 aliphatic heterocycles. The van der Waals surface area contributed by atoms with Gasteiger partial charge in [0.2, 0.25) is 0 Å². The number of nitrogens with one attached hydrogen (secondary N) is 2. The fourth-order valence-electron chi connectivity index (χ4n) is 2.08. The van der Waals surface area contributed by atoms with Crippen molar-refractivity contribution < 1.29 is 19.1 Å². The molecule has 0 aliphatic rings. The molecule has 1 aromatic carbocycles. The van der Waals surface area contributed by atoms with Crippen molar-refractivity contribution in [2.24, 2.45) is 5.92 Å². The van der Waals surface area contributed by atoms with Gasteiger partial charge in [0.1, 0.15) is 0 Å². The highest BCUT2D eigenvalue weighted by molar-refractivity contribution is 6.02. The molecule has 1 heterocycles. The molecule has 6 nitrogen and oxygen atoms in total. The Morgan fingerprint density at radius 1 is 1.17 bits per heavy atom. The average Bonchev–Trinajstić information content (AvgIpc) is 3.14. The van der Waals surface area contributed by atoms with E-state index in [2.05, 4.69) is 10.6 Å². The van der Waals surface area contributed by atoms with Crippen LogP contribution in [0.15, 0.2) is 47.1 Å². The predicted molar refractivity (Wildman–Crippen MR) is 90.9 cm³/mol. The lowest BCUT2D eigenvalue weighted by Gasteiger charge is -2.17. The number of furan rings is 1. The first-order valence-corrected chi connectivity index (χ1v) is 7.92. The molecule has 2 rings (SSSR count). The van der Waals surface area contributed by atoms with E-state index in [0.717, 1.165) is 6.42 Å². The summed E-state index contributed by atoms with van der Waals surface area (Å²) in [5.74, 6) is -0.268. The summed E-state index contributed by atoms with van der Waals surface area (Å²) in [7, 11) is 0. The second-order valence-electron chi connectivity index (χ2n) is 5.67. The molecule has 0 spiro atoms. The Hall–Kier alpha value is -2.60. The van der Waals surface area contributed by atoms with E-state index in [1.54, 1.807) is 36.4 Å². The Bertz CT molecular complexity index is 665. The fourth-order valence-corrected chi connectivity index (χ4v) is 2.08. The second-order valence-corrected chi connectivity index (χ2v) is 5.67. The smallest absolute Gasteiger partial charge is 0.291 e. The van der Waals surface area contributed by atoms with Gasteiger partial charge in [-0.2, -0.15) is 0 Å².